The molecule has 3 aliphatic rings. The number of ether oxygens (including phenoxy) is 1. The van der Waals surface area contributed by atoms with Crippen molar-refractivity contribution < 1.29 is 23.8 Å². The van der Waals surface area contributed by atoms with Gasteiger partial charge in [0.05, 0.1) is 23.2 Å². The zero-order chi connectivity index (χ0) is 31.5. The Morgan fingerprint density at radius 1 is 1.02 bits per heavy atom. The SMILES string of the molecule is Cc1ccc(CCN(C(=O)C2=C(c3ccc(CCCOc4cc(F)ccc4Br)cc3)C[C@@H]3CNC[C@H]2N3C(=O)O)C2CC2)cc1. The fourth-order valence-corrected chi connectivity index (χ4v) is 6.91. The molecule has 2 amide bonds. The van der Waals surface area contributed by atoms with Crippen LogP contribution in [0.4, 0.5) is 9.18 Å². The average Bonchev–Trinajstić information content (AvgIpc) is 3.87. The van der Waals surface area contributed by atoms with Crippen LogP contribution < -0.4 is 10.1 Å². The fraction of sp³-hybridized carbons (Fsp3) is 0.389. The Kier molecular flexibility index (Phi) is 9.56. The predicted molar refractivity (Wildman–Crippen MR) is 176 cm³/mol. The molecule has 0 spiro atoms. The molecule has 9 heteroatoms. The molecule has 45 heavy (non-hydrogen) atoms. The summed E-state index contributed by atoms with van der Waals surface area (Å²) in [6.07, 6.45) is 3.77. The third-order valence-corrected chi connectivity index (χ3v) is 9.72. The van der Waals surface area contributed by atoms with Gasteiger partial charge in [0.15, 0.2) is 0 Å². The third-order valence-electron chi connectivity index (χ3n) is 9.07. The molecule has 6 rings (SSSR count). The molecule has 2 N–H and O–H groups in total. The van der Waals surface area contributed by atoms with Crippen LogP contribution in [0, 0.1) is 12.7 Å². The average molecular weight is 677 g/mol. The van der Waals surface area contributed by atoms with Gasteiger partial charge >= 0.3 is 6.09 Å². The van der Waals surface area contributed by atoms with Crippen molar-refractivity contribution in [1.29, 1.82) is 0 Å². The lowest BCUT2D eigenvalue weighted by Gasteiger charge is -2.47. The first kappa shape index (κ1) is 31.3. The highest BCUT2D eigenvalue weighted by Gasteiger charge is 2.46. The Balaban J connectivity index is 1.22. The van der Waals surface area contributed by atoms with Crippen molar-refractivity contribution in [1.82, 2.24) is 15.1 Å². The van der Waals surface area contributed by atoms with E-state index in [2.05, 4.69) is 76.7 Å². The van der Waals surface area contributed by atoms with E-state index in [1.165, 1.54) is 28.2 Å². The van der Waals surface area contributed by atoms with Crippen LogP contribution in [0.5, 0.6) is 5.75 Å². The zero-order valence-corrected chi connectivity index (χ0v) is 27.1. The highest BCUT2D eigenvalue weighted by molar-refractivity contribution is 9.10. The summed E-state index contributed by atoms with van der Waals surface area (Å²) in [6, 6.07) is 20.5. The Morgan fingerprint density at radius 2 is 1.73 bits per heavy atom. The summed E-state index contributed by atoms with van der Waals surface area (Å²) in [4.78, 5) is 30.4. The first-order chi connectivity index (χ1) is 21.8. The number of hydrogen-bond acceptors (Lipinski definition) is 4. The smallest absolute Gasteiger partial charge is 0.408 e. The zero-order valence-electron chi connectivity index (χ0n) is 25.5. The number of amides is 2. The second-order valence-electron chi connectivity index (χ2n) is 12.3. The Labute approximate surface area is 272 Å². The second-order valence-corrected chi connectivity index (χ2v) is 13.2. The van der Waals surface area contributed by atoms with Gasteiger partial charge in [-0.2, -0.15) is 0 Å². The van der Waals surface area contributed by atoms with E-state index in [-0.39, 0.29) is 23.8 Å². The lowest BCUT2D eigenvalue weighted by atomic mass is 9.81. The molecule has 1 saturated heterocycles. The molecule has 2 atom stereocenters. The second kappa shape index (κ2) is 13.7. The van der Waals surface area contributed by atoms with Gasteiger partial charge in [-0.1, -0.05) is 54.1 Å². The van der Waals surface area contributed by atoms with E-state index in [4.69, 9.17) is 4.74 Å². The van der Waals surface area contributed by atoms with Crippen molar-refractivity contribution in [2.24, 2.45) is 0 Å². The summed E-state index contributed by atoms with van der Waals surface area (Å²) >= 11 is 3.40. The van der Waals surface area contributed by atoms with Gasteiger partial charge in [0.1, 0.15) is 11.6 Å². The van der Waals surface area contributed by atoms with E-state index in [0.29, 0.717) is 44.0 Å². The minimum atomic E-state index is -0.976. The number of rotatable bonds is 11. The largest absolute Gasteiger partial charge is 0.492 e. The number of nitrogens with zero attached hydrogens (tertiary/aromatic N) is 2. The molecule has 2 aliphatic heterocycles. The van der Waals surface area contributed by atoms with E-state index in [1.807, 2.05) is 4.90 Å². The monoisotopic (exact) mass is 675 g/mol. The number of hydrogen-bond donors (Lipinski definition) is 2. The Bertz CT molecular complexity index is 1570. The molecular formula is C36H39BrFN3O4. The molecule has 0 aromatic heterocycles. The van der Waals surface area contributed by atoms with Gasteiger partial charge in [0.25, 0.3) is 5.91 Å². The predicted octanol–water partition coefficient (Wildman–Crippen LogP) is 6.62. The summed E-state index contributed by atoms with van der Waals surface area (Å²) in [6.45, 7) is 4.11. The Hall–Kier alpha value is -3.69. The number of carbonyl (C=O) groups excluding carboxylic acids is 1. The molecule has 2 heterocycles. The molecule has 7 nitrogen and oxygen atoms in total. The van der Waals surface area contributed by atoms with Gasteiger partial charge in [0.2, 0.25) is 0 Å². The summed E-state index contributed by atoms with van der Waals surface area (Å²) in [7, 11) is 0. The molecule has 236 valence electrons. The molecule has 0 unspecified atom stereocenters. The van der Waals surface area contributed by atoms with Crippen LogP contribution >= 0.6 is 15.9 Å². The van der Waals surface area contributed by atoms with Crippen molar-refractivity contribution in [2.75, 3.05) is 26.2 Å². The summed E-state index contributed by atoms with van der Waals surface area (Å²) < 4.78 is 20.1. The third kappa shape index (κ3) is 7.25. The molecule has 3 aromatic carbocycles. The van der Waals surface area contributed by atoms with E-state index in [0.717, 1.165) is 53.3 Å². The minimum absolute atomic E-state index is 0.0391. The van der Waals surface area contributed by atoms with Crippen LogP contribution in [0.3, 0.4) is 0 Å². The number of carbonyl (C=O) groups is 2. The first-order valence-electron chi connectivity index (χ1n) is 15.8. The van der Waals surface area contributed by atoms with Crippen molar-refractivity contribution in [3.05, 3.63) is 105 Å². The van der Waals surface area contributed by atoms with Crippen LogP contribution in [0.15, 0.2) is 76.8 Å². The van der Waals surface area contributed by atoms with Gasteiger partial charge in [-0.15, -0.1) is 0 Å². The number of nitrogens with one attached hydrogen (secondary N) is 1. The van der Waals surface area contributed by atoms with Gasteiger partial charge in [-0.05, 0) is 95.8 Å². The van der Waals surface area contributed by atoms with Crippen LogP contribution in [-0.2, 0) is 17.6 Å². The maximum absolute atomic E-state index is 14.5. The van der Waals surface area contributed by atoms with Crippen LogP contribution in [0.2, 0.25) is 0 Å². The lowest BCUT2D eigenvalue weighted by Crippen LogP contribution is -2.63. The molecule has 1 aliphatic carbocycles. The topological polar surface area (TPSA) is 82.1 Å². The van der Waals surface area contributed by atoms with Crippen molar-refractivity contribution >= 4 is 33.5 Å². The fourth-order valence-electron chi connectivity index (χ4n) is 6.54. The molecule has 0 radical (unpaired) electrons. The Morgan fingerprint density at radius 3 is 2.44 bits per heavy atom. The lowest BCUT2D eigenvalue weighted by molar-refractivity contribution is -0.128. The number of carboxylic acid groups (broad SMARTS) is 1. The summed E-state index contributed by atoms with van der Waals surface area (Å²) in [5, 5.41) is 13.6. The van der Waals surface area contributed by atoms with E-state index in [1.54, 1.807) is 6.07 Å². The molecule has 2 fully saturated rings. The summed E-state index contributed by atoms with van der Waals surface area (Å²) in [5.41, 5.74) is 6.07. The van der Waals surface area contributed by atoms with Gasteiger partial charge in [-0.25, -0.2) is 9.18 Å². The van der Waals surface area contributed by atoms with E-state index in [9.17, 15) is 19.1 Å². The van der Waals surface area contributed by atoms with E-state index >= 15 is 0 Å². The van der Waals surface area contributed by atoms with Crippen LogP contribution in [-0.4, -0.2) is 71.3 Å². The van der Waals surface area contributed by atoms with E-state index < -0.39 is 12.1 Å². The standard InChI is InChI=1S/C36H39BrFN3O4/c1-23-4-6-25(7-5-23)16-17-40(28-13-14-28)35(42)34-30(20-29-21-39-22-32(34)41(29)36(43)44)26-10-8-24(9-11-26)3-2-18-45-33-19-27(38)12-15-31(33)37/h4-12,15,19,28-29,32,39H,2-3,13-14,16-18,20-22H2,1H3,(H,43,44)/t29-,32-/m1/s1. The number of benzene rings is 3. The van der Waals surface area contributed by atoms with Gasteiger partial charge in [-0.3, -0.25) is 9.69 Å². The maximum atomic E-state index is 14.5. The normalized spacial score (nSPS) is 19.4. The van der Waals surface area contributed by atoms with Gasteiger partial charge in [0, 0.05) is 37.3 Å². The minimum Gasteiger partial charge on any atom is -0.492 e. The van der Waals surface area contributed by atoms with Crippen molar-refractivity contribution in [3.63, 3.8) is 0 Å². The van der Waals surface area contributed by atoms with Gasteiger partial charge < -0.3 is 20.1 Å². The molecule has 1 saturated carbocycles. The molecule has 3 aromatic rings. The quantitative estimate of drug-likeness (QED) is 0.223. The number of fused-ring (bicyclic) bond motifs is 2. The van der Waals surface area contributed by atoms with Crippen LogP contribution in [0.25, 0.3) is 5.57 Å². The summed E-state index contributed by atoms with van der Waals surface area (Å²) in [5.74, 6) is 0.112. The van der Waals surface area contributed by atoms with Crippen molar-refractivity contribution in [2.45, 2.75) is 63.6 Å². The maximum Gasteiger partial charge on any atom is 0.408 e. The molecule has 2 bridgehead atoms. The first-order valence-corrected chi connectivity index (χ1v) is 16.6. The number of piperazine rings is 1. The van der Waals surface area contributed by atoms with Crippen LogP contribution in [0.1, 0.15) is 47.9 Å². The number of aryl methyl sites for hydroxylation is 2. The molecular weight excluding hydrogens is 637 g/mol. The highest BCUT2D eigenvalue weighted by atomic mass is 79.9. The van der Waals surface area contributed by atoms with Crippen molar-refractivity contribution in [3.8, 4) is 5.75 Å². The number of halogens is 2. The highest BCUT2D eigenvalue weighted by Crippen LogP contribution is 2.39.